The number of hydrogen-bond donors (Lipinski definition) is 2. The van der Waals surface area contributed by atoms with Crippen LogP contribution in [0.5, 0.6) is 0 Å². The molecular weight excluding hydrogens is 244 g/mol. The minimum atomic E-state index is -0.679. The molecule has 0 aliphatic rings. The van der Waals surface area contributed by atoms with Gasteiger partial charge in [0.15, 0.2) is 0 Å². The van der Waals surface area contributed by atoms with Crippen molar-refractivity contribution < 1.29 is 4.79 Å². The van der Waals surface area contributed by atoms with Crippen molar-refractivity contribution in [1.29, 1.82) is 0 Å². The molecule has 0 saturated heterocycles. The molecule has 1 unspecified atom stereocenters. The van der Waals surface area contributed by atoms with Crippen LogP contribution in [0.2, 0.25) is 0 Å². The van der Waals surface area contributed by atoms with Gasteiger partial charge >= 0.3 is 0 Å². The van der Waals surface area contributed by atoms with E-state index in [0.29, 0.717) is 23.7 Å². The quantitative estimate of drug-likeness (QED) is 0.668. The molecule has 0 radical (unpaired) electrons. The van der Waals surface area contributed by atoms with Crippen LogP contribution in [0.3, 0.4) is 0 Å². The Balaban J connectivity index is 4.57. The van der Waals surface area contributed by atoms with Gasteiger partial charge in [-0.05, 0) is 38.5 Å². The van der Waals surface area contributed by atoms with Gasteiger partial charge in [0.05, 0.1) is 10.4 Å². The number of nitrogens with two attached hydrogens (primary N) is 1. The molecule has 0 bridgehead atoms. The molecule has 0 spiro atoms. The van der Waals surface area contributed by atoms with Crippen LogP contribution < -0.4 is 11.1 Å². The molecule has 18 heavy (non-hydrogen) atoms. The maximum absolute atomic E-state index is 12.3. The van der Waals surface area contributed by atoms with Crippen LogP contribution in [0.15, 0.2) is 0 Å². The van der Waals surface area contributed by atoms with Gasteiger partial charge in [0.1, 0.15) is 0 Å². The van der Waals surface area contributed by atoms with E-state index in [1.165, 1.54) is 0 Å². The zero-order valence-electron chi connectivity index (χ0n) is 12.4. The number of amides is 1. The highest BCUT2D eigenvalue weighted by Crippen LogP contribution is 2.27. The minimum absolute atomic E-state index is 0.0174. The van der Waals surface area contributed by atoms with E-state index in [1.807, 2.05) is 20.8 Å². The summed E-state index contributed by atoms with van der Waals surface area (Å²) in [6.45, 7) is 10.3. The molecule has 0 saturated carbocycles. The number of carbonyl (C=O) groups excluding carboxylic acids is 1. The van der Waals surface area contributed by atoms with Crippen molar-refractivity contribution in [2.75, 3.05) is 0 Å². The Bertz CT molecular complexity index is 286. The van der Waals surface area contributed by atoms with Gasteiger partial charge in [-0.3, -0.25) is 4.79 Å². The third kappa shape index (κ3) is 4.56. The normalized spacial score (nSPS) is 13.4. The maximum atomic E-state index is 12.3. The second-order valence-corrected chi connectivity index (χ2v) is 5.94. The molecule has 106 valence electrons. The molecule has 4 heteroatoms. The number of carbonyl (C=O) groups is 1. The predicted molar refractivity (Wildman–Crippen MR) is 81.5 cm³/mol. The lowest BCUT2D eigenvalue weighted by Crippen LogP contribution is -2.50. The number of rotatable bonds is 8. The fourth-order valence-corrected chi connectivity index (χ4v) is 2.43. The lowest BCUT2D eigenvalue weighted by atomic mass is 9.81. The number of nitrogens with one attached hydrogen (secondary N) is 1. The standard InChI is InChI=1S/C14H28N2OS/c1-6-14(7-2,12(15)18)13(17)16-11(5)9-8-10(3)4/h10-11H,6-9H2,1-5H3,(H2,15,18)(H,16,17). The zero-order valence-corrected chi connectivity index (χ0v) is 13.2. The summed E-state index contributed by atoms with van der Waals surface area (Å²) in [4.78, 5) is 12.7. The van der Waals surface area contributed by atoms with Gasteiger partial charge < -0.3 is 11.1 Å². The van der Waals surface area contributed by atoms with E-state index in [9.17, 15) is 4.79 Å². The Morgan fingerprint density at radius 3 is 2.06 bits per heavy atom. The van der Waals surface area contributed by atoms with Gasteiger partial charge in [0.25, 0.3) is 0 Å². The van der Waals surface area contributed by atoms with Crippen LogP contribution in [-0.4, -0.2) is 16.9 Å². The third-order valence-electron chi connectivity index (χ3n) is 3.67. The highest BCUT2D eigenvalue weighted by Gasteiger charge is 2.38. The van der Waals surface area contributed by atoms with Crippen molar-refractivity contribution in [3.8, 4) is 0 Å². The molecule has 0 aliphatic heterocycles. The maximum Gasteiger partial charge on any atom is 0.233 e. The first kappa shape index (κ1) is 17.4. The lowest BCUT2D eigenvalue weighted by molar-refractivity contribution is -0.128. The van der Waals surface area contributed by atoms with Gasteiger partial charge in [0.2, 0.25) is 5.91 Å². The van der Waals surface area contributed by atoms with Crippen molar-refractivity contribution in [3.63, 3.8) is 0 Å². The van der Waals surface area contributed by atoms with E-state index >= 15 is 0 Å². The van der Waals surface area contributed by atoms with Crippen LogP contribution in [0.25, 0.3) is 0 Å². The van der Waals surface area contributed by atoms with E-state index < -0.39 is 5.41 Å². The molecule has 0 aromatic heterocycles. The monoisotopic (exact) mass is 272 g/mol. The van der Waals surface area contributed by atoms with Gasteiger partial charge in [-0.25, -0.2) is 0 Å². The highest BCUT2D eigenvalue weighted by molar-refractivity contribution is 7.80. The first-order valence-corrected chi connectivity index (χ1v) is 7.31. The first-order valence-electron chi connectivity index (χ1n) is 6.91. The van der Waals surface area contributed by atoms with Gasteiger partial charge in [-0.15, -0.1) is 0 Å². The van der Waals surface area contributed by atoms with Crippen LogP contribution in [-0.2, 0) is 4.79 Å². The van der Waals surface area contributed by atoms with E-state index in [0.717, 1.165) is 12.8 Å². The van der Waals surface area contributed by atoms with Crippen molar-refractivity contribution in [2.24, 2.45) is 17.1 Å². The number of thiocarbonyl (C=S) groups is 1. The van der Waals surface area contributed by atoms with Crippen LogP contribution in [0.4, 0.5) is 0 Å². The van der Waals surface area contributed by atoms with Crippen molar-refractivity contribution >= 4 is 23.1 Å². The molecule has 0 aromatic carbocycles. The summed E-state index contributed by atoms with van der Waals surface area (Å²) < 4.78 is 0. The van der Waals surface area contributed by atoms with Crippen LogP contribution in [0.1, 0.15) is 60.3 Å². The summed E-state index contributed by atoms with van der Waals surface area (Å²) in [5, 5.41) is 3.05. The summed E-state index contributed by atoms with van der Waals surface area (Å²) in [7, 11) is 0. The van der Waals surface area contributed by atoms with Gasteiger partial charge in [-0.2, -0.15) is 0 Å². The molecule has 0 fully saturated rings. The molecule has 3 N–H and O–H groups in total. The molecule has 0 aliphatic carbocycles. The molecule has 0 heterocycles. The van der Waals surface area contributed by atoms with E-state index in [-0.39, 0.29) is 11.9 Å². The van der Waals surface area contributed by atoms with Crippen molar-refractivity contribution in [3.05, 3.63) is 0 Å². The van der Waals surface area contributed by atoms with Crippen LogP contribution >= 0.6 is 12.2 Å². The fourth-order valence-electron chi connectivity index (χ4n) is 2.05. The molecule has 3 nitrogen and oxygen atoms in total. The van der Waals surface area contributed by atoms with E-state index in [2.05, 4.69) is 19.2 Å². The second kappa shape index (κ2) is 7.72. The Morgan fingerprint density at radius 1 is 1.22 bits per heavy atom. The Morgan fingerprint density at radius 2 is 1.72 bits per heavy atom. The molecule has 1 atom stereocenters. The summed E-state index contributed by atoms with van der Waals surface area (Å²) in [5.41, 5.74) is 5.08. The molecule has 1 amide bonds. The predicted octanol–water partition coefficient (Wildman–Crippen LogP) is 3.02. The largest absolute Gasteiger partial charge is 0.392 e. The first-order chi connectivity index (χ1) is 8.30. The van der Waals surface area contributed by atoms with E-state index in [1.54, 1.807) is 0 Å². The van der Waals surface area contributed by atoms with Gasteiger partial charge in [0, 0.05) is 6.04 Å². The second-order valence-electron chi connectivity index (χ2n) is 5.50. The third-order valence-corrected chi connectivity index (χ3v) is 4.06. The zero-order chi connectivity index (χ0) is 14.3. The molecular formula is C14H28N2OS. The summed E-state index contributed by atoms with van der Waals surface area (Å²) in [6.07, 6.45) is 3.41. The van der Waals surface area contributed by atoms with Crippen molar-refractivity contribution in [1.82, 2.24) is 5.32 Å². The molecule has 0 rings (SSSR count). The fraction of sp³-hybridized carbons (Fsp3) is 0.857. The minimum Gasteiger partial charge on any atom is -0.392 e. The smallest absolute Gasteiger partial charge is 0.233 e. The average molecular weight is 272 g/mol. The number of hydrogen-bond acceptors (Lipinski definition) is 2. The summed E-state index contributed by atoms with van der Waals surface area (Å²) in [6, 6.07) is 0.173. The van der Waals surface area contributed by atoms with Crippen LogP contribution in [0, 0.1) is 11.3 Å². The van der Waals surface area contributed by atoms with Crippen molar-refractivity contribution in [2.45, 2.75) is 66.3 Å². The SMILES string of the molecule is CCC(CC)(C(=O)NC(C)CCC(C)C)C(N)=S. The molecule has 0 aromatic rings. The van der Waals surface area contributed by atoms with E-state index in [4.69, 9.17) is 18.0 Å². The average Bonchev–Trinajstić information content (AvgIpc) is 2.28. The Kier molecular flexibility index (Phi) is 7.45. The Hall–Kier alpha value is -0.640. The topological polar surface area (TPSA) is 55.1 Å². The summed E-state index contributed by atoms with van der Waals surface area (Å²) >= 11 is 5.08. The van der Waals surface area contributed by atoms with Gasteiger partial charge in [-0.1, -0.05) is 39.9 Å². The summed E-state index contributed by atoms with van der Waals surface area (Å²) in [5.74, 6) is 0.637. The highest BCUT2D eigenvalue weighted by atomic mass is 32.1. The Labute approximate surface area is 117 Å². The lowest BCUT2D eigenvalue weighted by Gasteiger charge is -2.30.